The number of nitrogens with one attached hydrogen (secondary N) is 1. The number of rotatable bonds is 3. The van der Waals surface area contributed by atoms with Gasteiger partial charge in [0.1, 0.15) is 11.6 Å². The topological polar surface area (TPSA) is 55.1 Å². The second kappa shape index (κ2) is 6.46. The monoisotopic (exact) mass is 359 g/mol. The van der Waals surface area contributed by atoms with Crippen LogP contribution in [0.1, 0.15) is 24.1 Å². The fourth-order valence-electron chi connectivity index (χ4n) is 3.58. The van der Waals surface area contributed by atoms with E-state index < -0.39 is 0 Å². The summed E-state index contributed by atoms with van der Waals surface area (Å²) in [7, 11) is 0. The molecule has 1 aliphatic carbocycles. The number of benzene rings is 2. The standard InChI is InChI=1S/C21H18FN5/c22-15-9-6-10-16(13-15)23-20-17-11-4-5-12-18(17)24-21-25-19(26-27(20)21)14-7-2-1-3-8-14/h1-3,6-10,13,23H,4-5,11-12H2. The largest absolute Gasteiger partial charge is 0.340 e. The predicted octanol–water partition coefficient (Wildman–Crippen LogP) is 4.55. The Hall–Kier alpha value is -3.28. The average Bonchev–Trinajstić information content (AvgIpc) is 3.13. The van der Waals surface area contributed by atoms with E-state index in [2.05, 4.69) is 10.3 Å². The Kier molecular flexibility index (Phi) is 3.81. The molecule has 0 saturated carbocycles. The summed E-state index contributed by atoms with van der Waals surface area (Å²) in [5, 5.41) is 8.06. The number of halogens is 1. The minimum absolute atomic E-state index is 0.275. The van der Waals surface area contributed by atoms with Gasteiger partial charge in [-0.25, -0.2) is 9.37 Å². The van der Waals surface area contributed by atoms with Gasteiger partial charge in [-0.1, -0.05) is 36.4 Å². The summed E-state index contributed by atoms with van der Waals surface area (Å²) >= 11 is 0. The SMILES string of the molecule is Fc1cccc(Nc2c3c(nc4nc(-c5ccccc5)nn24)CCCC3)c1. The molecule has 0 aliphatic heterocycles. The lowest BCUT2D eigenvalue weighted by atomic mass is 9.96. The Balaban J connectivity index is 1.69. The third-order valence-corrected chi connectivity index (χ3v) is 4.88. The van der Waals surface area contributed by atoms with E-state index in [1.807, 2.05) is 36.4 Å². The molecule has 6 heteroatoms. The fraction of sp³-hybridized carbons (Fsp3) is 0.190. The van der Waals surface area contributed by atoms with E-state index in [4.69, 9.17) is 10.1 Å². The fourth-order valence-corrected chi connectivity index (χ4v) is 3.58. The van der Waals surface area contributed by atoms with Crippen molar-refractivity contribution in [3.8, 4) is 11.4 Å². The lowest BCUT2D eigenvalue weighted by Crippen LogP contribution is -2.13. The highest BCUT2D eigenvalue weighted by molar-refractivity contribution is 5.65. The van der Waals surface area contributed by atoms with Crippen molar-refractivity contribution in [2.45, 2.75) is 25.7 Å². The summed E-state index contributed by atoms with van der Waals surface area (Å²) in [6, 6.07) is 16.3. The highest BCUT2D eigenvalue weighted by Crippen LogP contribution is 2.30. The van der Waals surface area contributed by atoms with E-state index >= 15 is 0 Å². The number of nitrogens with zero attached hydrogens (tertiary/aromatic N) is 4. The molecule has 27 heavy (non-hydrogen) atoms. The molecule has 0 fully saturated rings. The van der Waals surface area contributed by atoms with Gasteiger partial charge < -0.3 is 5.32 Å². The van der Waals surface area contributed by atoms with E-state index in [9.17, 15) is 4.39 Å². The lowest BCUT2D eigenvalue weighted by molar-refractivity contribution is 0.628. The van der Waals surface area contributed by atoms with Crippen LogP contribution in [0.5, 0.6) is 0 Å². The summed E-state index contributed by atoms with van der Waals surface area (Å²) in [6.07, 6.45) is 4.08. The predicted molar refractivity (Wildman–Crippen MR) is 103 cm³/mol. The number of aryl methyl sites for hydroxylation is 1. The highest BCUT2D eigenvalue weighted by Gasteiger charge is 2.21. The highest BCUT2D eigenvalue weighted by atomic mass is 19.1. The van der Waals surface area contributed by atoms with Crippen LogP contribution in [0.3, 0.4) is 0 Å². The van der Waals surface area contributed by atoms with Crippen LogP contribution in [0, 0.1) is 5.82 Å². The van der Waals surface area contributed by atoms with Crippen molar-refractivity contribution in [3.63, 3.8) is 0 Å². The Morgan fingerprint density at radius 1 is 0.926 bits per heavy atom. The van der Waals surface area contributed by atoms with Crippen LogP contribution in [-0.4, -0.2) is 19.6 Å². The number of aromatic nitrogens is 4. The number of anilines is 2. The average molecular weight is 359 g/mol. The van der Waals surface area contributed by atoms with Gasteiger partial charge in [0.05, 0.1) is 5.69 Å². The van der Waals surface area contributed by atoms with E-state index in [1.54, 1.807) is 10.6 Å². The van der Waals surface area contributed by atoms with Crippen molar-refractivity contribution in [1.29, 1.82) is 0 Å². The molecule has 2 aromatic carbocycles. The van der Waals surface area contributed by atoms with Crippen LogP contribution in [0.2, 0.25) is 0 Å². The quantitative estimate of drug-likeness (QED) is 0.583. The third kappa shape index (κ3) is 2.93. The second-order valence-electron chi connectivity index (χ2n) is 6.74. The zero-order valence-electron chi connectivity index (χ0n) is 14.7. The van der Waals surface area contributed by atoms with Gasteiger partial charge in [-0.3, -0.25) is 0 Å². The molecule has 0 amide bonds. The molecule has 2 aromatic heterocycles. The molecule has 0 spiro atoms. The molecule has 0 bridgehead atoms. The van der Waals surface area contributed by atoms with Crippen molar-refractivity contribution < 1.29 is 4.39 Å². The molecule has 0 radical (unpaired) electrons. The van der Waals surface area contributed by atoms with Gasteiger partial charge >= 0.3 is 0 Å². The maximum absolute atomic E-state index is 13.7. The van der Waals surface area contributed by atoms with Crippen molar-refractivity contribution in [3.05, 3.63) is 71.7 Å². The summed E-state index contributed by atoms with van der Waals surface area (Å²) < 4.78 is 15.4. The van der Waals surface area contributed by atoms with E-state index in [0.29, 0.717) is 17.3 Å². The van der Waals surface area contributed by atoms with Crippen LogP contribution in [0.25, 0.3) is 17.2 Å². The van der Waals surface area contributed by atoms with Gasteiger partial charge in [0.25, 0.3) is 5.78 Å². The first-order chi connectivity index (χ1) is 13.3. The molecule has 0 saturated heterocycles. The molecule has 0 atom stereocenters. The molecule has 0 unspecified atom stereocenters. The molecular formula is C21H18FN5. The Labute approximate surface area is 155 Å². The normalized spacial score (nSPS) is 13.5. The number of fused-ring (bicyclic) bond motifs is 2. The van der Waals surface area contributed by atoms with Crippen LogP contribution in [0.15, 0.2) is 54.6 Å². The van der Waals surface area contributed by atoms with Crippen molar-refractivity contribution in [2.75, 3.05) is 5.32 Å². The van der Waals surface area contributed by atoms with Crippen molar-refractivity contribution >= 4 is 17.3 Å². The summed E-state index contributed by atoms with van der Waals surface area (Å²) in [5.41, 5.74) is 3.83. The lowest BCUT2D eigenvalue weighted by Gasteiger charge is -2.19. The second-order valence-corrected chi connectivity index (χ2v) is 6.74. The first kappa shape index (κ1) is 15.9. The van der Waals surface area contributed by atoms with E-state index in [0.717, 1.165) is 48.3 Å². The smallest absolute Gasteiger partial charge is 0.254 e. The zero-order chi connectivity index (χ0) is 18.2. The maximum atomic E-state index is 13.7. The molecule has 1 aliphatic rings. The van der Waals surface area contributed by atoms with Gasteiger partial charge in [0, 0.05) is 16.8 Å². The summed E-state index contributed by atoms with van der Waals surface area (Å²) in [6.45, 7) is 0. The minimum Gasteiger partial charge on any atom is -0.340 e. The van der Waals surface area contributed by atoms with Crippen LogP contribution < -0.4 is 5.32 Å². The first-order valence-corrected chi connectivity index (χ1v) is 9.14. The molecule has 4 aromatic rings. The molecule has 5 nitrogen and oxygen atoms in total. The molecule has 5 rings (SSSR count). The van der Waals surface area contributed by atoms with Gasteiger partial charge in [0.2, 0.25) is 0 Å². The Morgan fingerprint density at radius 2 is 1.78 bits per heavy atom. The minimum atomic E-state index is -0.275. The van der Waals surface area contributed by atoms with Crippen LogP contribution in [0.4, 0.5) is 15.9 Å². The maximum Gasteiger partial charge on any atom is 0.254 e. The van der Waals surface area contributed by atoms with Crippen LogP contribution in [-0.2, 0) is 12.8 Å². The first-order valence-electron chi connectivity index (χ1n) is 9.14. The number of hydrogen-bond acceptors (Lipinski definition) is 4. The number of hydrogen-bond donors (Lipinski definition) is 1. The Bertz CT molecular complexity index is 1120. The van der Waals surface area contributed by atoms with E-state index in [1.165, 1.54) is 12.1 Å². The van der Waals surface area contributed by atoms with Crippen molar-refractivity contribution in [2.24, 2.45) is 0 Å². The Morgan fingerprint density at radius 3 is 2.63 bits per heavy atom. The summed E-state index contributed by atoms with van der Waals surface area (Å²) in [4.78, 5) is 9.39. The van der Waals surface area contributed by atoms with Gasteiger partial charge in [-0.05, 0) is 43.9 Å². The molecule has 134 valence electrons. The molecular weight excluding hydrogens is 341 g/mol. The molecule has 2 heterocycles. The molecule has 1 N–H and O–H groups in total. The van der Waals surface area contributed by atoms with Gasteiger partial charge in [0.15, 0.2) is 5.82 Å². The van der Waals surface area contributed by atoms with Gasteiger partial charge in [-0.15, -0.1) is 5.10 Å². The van der Waals surface area contributed by atoms with Crippen LogP contribution >= 0.6 is 0 Å². The van der Waals surface area contributed by atoms with Crippen molar-refractivity contribution in [1.82, 2.24) is 19.6 Å². The zero-order valence-corrected chi connectivity index (χ0v) is 14.7. The van der Waals surface area contributed by atoms with Gasteiger partial charge in [-0.2, -0.15) is 9.50 Å². The van der Waals surface area contributed by atoms with E-state index in [-0.39, 0.29) is 5.82 Å². The third-order valence-electron chi connectivity index (χ3n) is 4.88. The summed E-state index contributed by atoms with van der Waals surface area (Å²) in [5.74, 6) is 1.75.